The van der Waals surface area contributed by atoms with Gasteiger partial charge in [-0.15, -0.1) is 0 Å². The molecule has 1 aromatic heterocycles. The molecule has 1 aliphatic rings. The van der Waals surface area contributed by atoms with E-state index in [-0.39, 0.29) is 16.7 Å². The van der Waals surface area contributed by atoms with Gasteiger partial charge < -0.3 is 10.2 Å². The van der Waals surface area contributed by atoms with Gasteiger partial charge in [0.2, 0.25) is 0 Å². The van der Waals surface area contributed by atoms with Crippen molar-refractivity contribution in [2.24, 2.45) is 5.41 Å². The fourth-order valence-electron chi connectivity index (χ4n) is 4.31. The number of nitrogens with zero attached hydrogens (tertiary/aromatic N) is 1. The number of benzene rings is 1. The lowest BCUT2D eigenvalue weighted by molar-refractivity contribution is 0.0966. The van der Waals surface area contributed by atoms with E-state index in [9.17, 15) is 10.2 Å². The zero-order chi connectivity index (χ0) is 21.7. The maximum absolute atomic E-state index is 11.4. The number of hydrogen-bond donors (Lipinski definition) is 2. The van der Waals surface area contributed by atoms with Gasteiger partial charge in [-0.3, -0.25) is 4.98 Å². The predicted molar refractivity (Wildman–Crippen MR) is 127 cm³/mol. The first-order chi connectivity index (χ1) is 13.3. The molecule has 0 spiro atoms. The summed E-state index contributed by atoms with van der Waals surface area (Å²) in [5.74, 6) is 0.189. The lowest BCUT2D eigenvalue weighted by atomic mass is 9.74. The minimum absolute atomic E-state index is 0.0274. The van der Waals surface area contributed by atoms with E-state index >= 15 is 0 Å². The Labute approximate surface area is 189 Å². The average molecular weight is 507 g/mol. The molecule has 29 heavy (non-hydrogen) atoms. The van der Waals surface area contributed by atoms with Gasteiger partial charge >= 0.3 is 0 Å². The molecule has 2 N–H and O–H groups in total. The van der Waals surface area contributed by atoms with Gasteiger partial charge in [0, 0.05) is 20.4 Å². The third-order valence-electron chi connectivity index (χ3n) is 5.95. The van der Waals surface area contributed by atoms with Crippen LogP contribution in [0.4, 0.5) is 0 Å². The third-order valence-corrected chi connectivity index (χ3v) is 7.12. The van der Waals surface area contributed by atoms with Gasteiger partial charge in [-0.25, -0.2) is 0 Å². The first kappa shape index (κ1) is 22.7. The van der Waals surface area contributed by atoms with Gasteiger partial charge in [0.05, 0.1) is 11.8 Å². The van der Waals surface area contributed by atoms with Gasteiger partial charge in [0.1, 0.15) is 6.10 Å². The van der Waals surface area contributed by atoms with Crippen molar-refractivity contribution in [3.05, 3.63) is 61.5 Å². The molecule has 1 aliphatic carbocycles. The Morgan fingerprint density at radius 1 is 1.14 bits per heavy atom. The lowest BCUT2D eigenvalue weighted by Crippen LogP contribution is -2.29. The van der Waals surface area contributed by atoms with E-state index in [2.05, 4.69) is 83.2 Å². The van der Waals surface area contributed by atoms with Crippen molar-refractivity contribution in [2.45, 2.75) is 84.8 Å². The van der Waals surface area contributed by atoms with Crippen molar-refractivity contribution in [1.29, 1.82) is 0 Å². The van der Waals surface area contributed by atoms with E-state index in [4.69, 9.17) is 4.98 Å². The van der Waals surface area contributed by atoms with E-state index < -0.39 is 12.2 Å². The van der Waals surface area contributed by atoms with E-state index in [1.807, 2.05) is 12.1 Å². The molecular weight excluding hydrogens is 473 g/mol. The van der Waals surface area contributed by atoms with Gasteiger partial charge in [-0.1, -0.05) is 72.7 Å². The minimum atomic E-state index is -0.756. The number of fused-ring (bicyclic) bond motifs is 1. The highest BCUT2D eigenvalue weighted by atomic mass is 127. The molecule has 0 saturated heterocycles. The van der Waals surface area contributed by atoms with E-state index in [0.29, 0.717) is 6.42 Å². The number of hydrogen-bond acceptors (Lipinski definition) is 3. The second-order valence-electron chi connectivity index (χ2n) is 10.6. The van der Waals surface area contributed by atoms with Crippen LogP contribution in [0, 0.1) is 8.99 Å². The summed E-state index contributed by atoms with van der Waals surface area (Å²) in [5, 5.41) is 22.2. The molecule has 1 heterocycles. The van der Waals surface area contributed by atoms with Crippen LogP contribution in [-0.2, 0) is 11.8 Å². The van der Waals surface area contributed by atoms with E-state index in [1.54, 1.807) is 0 Å². The molecule has 0 amide bonds. The molecule has 0 fully saturated rings. The number of rotatable bonds is 3. The van der Waals surface area contributed by atoms with Crippen molar-refractivity contribution < 1.29 is 10.2 Å². The van der Waals surface area contributed by atoms with Crippen LogP contribution in [0.2, 0.25) is 0 Å². The average Bonchev–Trinajstić information content (AvgIpc) is 2.58. The van der Waals surface area contributed by atoms with Crippen LogP contribution in [0.1, 0.15) is 107 Å². The van der Waals surface area contributed by atoms with E-state index in [0.717, 1.165) is 38.1 Å². The highest BCUT2D eigenvalue weighted by Gasteiger charge is 2.36. The Bertz CT molecular complexity index is 895. The SMILES string of the molecule is CC(C)c1nc2c(c(I)c1[C@@H](O)c1ccc(C(C)(C)C)cc1)[C@@H](O)CC(C)(C)C2. The molecule has 158 valence electrons. The first-order valence-corrected chi connectivity index (χ1v) is 11.6. The fourth-order valence-corrected chi connectivity index (χ4v) is 5.55. The Balaban J connectivity index is 2.12. The summed E-state index contributed by atoms with van der Waals surface area (Å²) >= 11 is 2.31. The van der Waals surface area contributed by atoms with Crippen LogP contribution >= 0.6 is 22.6 Å². The van der Waals surface area contributed by atoms with Crippen LogP contribution in [0.15, 0.2) is 24.3 Å². The van der Waals surface area contributed by atoms with Crippen molar-refractivity contribution >= 4 is 22.6 Å². The monoisotopic (exact) mass is 507 g/mol. The Morgan fingerprint density at radius 3 is 2.24 bits per heavy atom. The number of aromatic nitrogens is 1. The molecule has 3 rings (SSSR count). The summed E-state index contributed by atoms with van der Waals surface area (Å²) in [6, 6.07) is 8.24. The molecule has 2 atom stereocenters. The predicted octanol–water partition coefficient (Wildman–Crippen LogP) is 6.19. The van der Waals surface area contributed by atoms with Crippen molar-refractivity contribution in [3.63, 3.8) is 0 Å². The summed E-state index contributed by atoms with van der Waals surface area (Å²) in [5.41, 5.74) is 5.89. The van der Waals surface area contributed by atoms with E-state index in [1.165, 1.54) is 5.56 Å². The van der Waals surface area contributed by atoms with Crippen LogP contribution in [0.5, 0.6) is 0 Å². The molecule has 3 nitrogen and oxygen atoms in total. The summed E-state index contributed by atoms with van der Waals surface area (Å²) in [4.78, 5) is 5.00. The Morgan fingerprint density at radius 2 is 1.72 bits per heavy atom. The first-order valence-electron chi connectivity index (χ1n) is 10.5. The second-order valence-corrected chi connectivity index (χ2v) is 11.7. The highest BCUT2D eigenvalue weighted by molar-refractivity contribution is 14.1. The molecule has 0 bridgehead atoms. The molecule has 1 aromatic carbocycles. The maximum atomic E-state index is 11.4. The molecule has 0 radical (unpaired) electrons. The number of aliphatic hydroxyl groups is 2. The molecule has 0 aliphatic heterocycles. The maximum Gasteiger partial charge on any atom is 0.107 e. The van der Waals surface area contributed by atoms with Gasteiger partial charge in [0.25, 0.3) is 0 Å². The lowest BCUT2D eigenvalue weighted by Gasteiger charge is -2.36. The van der Waals surface area contributed by atoms with Gasteiger partial charge in [-0.05, 0) is 63.3 Å². The van der Waals surface area contributed by atoms with Gasteiger partial charge in [-0.2, -0.15) is 0 Å². The normalized spacial score (nSPS) is 19.9. The third kappa shape index (κ3) is 4.54. The summed E-state index contributed by atoms with van der Waals surface area (Å²) in [6.07, 6.45) is 0.275. The van der Waals surface area contributed by atoms with Crippen molar-refractivity contribution in [1.82, 2.24) is 4.98 Å². The van der Waals surface area contributed by atoms with Crippen molar-refractivity contribution in [3.8, 4) is 0 Å². The number of pyridine rings is 1. The van der Waals surface area contributed by atoms with Crippen molar-refractivity contribution in [2.75, 3.05) is 0 Å². The fraction of sp³-hybridized carbons (Fsp3) is 0.560. The highest BCUT2D eigenvalue weighted by Crippen LogP contribution is 2.45. The Hall–Kier alpha value is -0.980. The molecule has 2 aromatic rings. The van der Waals surface area contributed by atoms with Crippen LogP contribution < -0.4 is 0 Å². The summed E-state index contributed by atoms with van der Waals surface area (Å²) in [6.45, 7) is 15.2. The quantitative estimate of drug-likeness (QED) is 0.487. The number of halogens is 1. The molecule has 0 unspecified atom stereocenters. The smallest absolute Gasteiger partial charge is 0.107 e. The second kappa shape index (κ2) is 7.93. The molecule has 4 heteroatoms. The van der Waals surface area contributed by atoms with Crippen LogP contribution in [0.25, 0.3) is 0 Å². The molecular formula is C25H34INO2. The summed E-state index contributed by atoms with van der Waals surface area (Å²) in [7, 11) is 0. The topological polar surface area (TPSA) is 53.4 Å². The van der Waals surface area contributed by atoms with Crippen LogP contribution in [-0.4, -0.2) is 15.2 Å². The zero-order valence-corrected chi connectivity index (χ0v) is 20.8. The largest absolute Gasteiger partial charge is 0.388 e. The Kier molecular flexibility index (Phi) is 6.21. The zero-order valence-electron chi connectivity index (χ0n) is 18.7. The number of aliphatic hydroxyl groups excluding tert-OH is 2. The molecule has 0 saturated carbocycles. The van der Waals surface area contributed by atoms with Gasteiger partial charge in [0.15, 0.2) is 0 Å². The van der Waals surface area contributed by atoms with Crippen LogP contribution in [0.3, 0.4) is 0 Å². The summed E-state index contributed by atoms with van der Waals surface area (Å²) < 4.78 is 0.965. The minimum Gasteiger partial charge on any atom is -0.388 e. The standard InChI is InChI=1S/C25H34INO2/c1-14(2)22-20(23(29)15-8-10-16(11-9-15)24(3,4)5)21(26)19-17(27-22)12-25(6,7)13-18(19)28/h8-11,14,18,23,28-29H,12-13H2,1-7H3/t18-,23-/m0/s1.